The molecule has 0 saturated carbocycles. The minimum absolute atomic E-state index is 0.262. The summed E-state index contributed by atoms with van der Waals surface area (Å²) in [5, 5.41) is 4.40. The van der Waals surface area contributed by atoms with E-state index in [-0.39, 0.29) is 6.04 Å². The molecule has 1 saturated heterocycles. The van der Waals surface area contributed by atoms with Crippen molar-refractivity contribution < 1.29 is 4.74 Å². The number of rotatable bonds is 5. The third-order valence-electron chi connectivity index (χ3n) is 3.71. The van der Waals surface area contributed by atoms with Gasteiger partial charge in [0.2, 0.25) is 0 Å². The molecule has 1 aliphatic heterocycles. The van der Waals surface area contributed by atoms with Crippen molar-refractivity contribution in [1.29, 1.82) is 0 Å². The lowest BCUT2D eigenvalue weighted by Crippen LogP contribution is -2.32. The monoisotopic (exact) mass is 252 g/mol. The van der Waals surface area contributed by atoms with Gasteiger partial charge in [-0.2, -0.15) is 5.10 Å². The Morgan fingerprint density at radius 2 is 2.33 bits per heavy atom. The Labute approximate surface area is 109 Å². The number of aromatic nitrogens is 2. The lowest BCUT2D eigenvalue weighted by atomic mass is 10.1. The normalized spacial score (nSPS) is 22.8. The summed E-state index contributed by atoms with van der Waals surface area (Å²) in [6.07, 6.45) is 5.49. The molecule has 2 heterocycles. The number of nitrogens with zero attached hydrogens (tertiary/aromatic N) is 3. The highest BCUT2D eigenvalue weighted by Crippen LogP contribution is 2.25. The molecule has 2 unspecified atom stereocenters. The fourth-order valence-electron chi connectivity index (χ4n) is 2.53. The summed E-state index contributed by atoms with van der Waals surface area (Å²) >= 11 is 0. The highest BCUT2D eigenvalue weighted by molar-refractivity contribution is 5.12. The van der Waals surface area contributed by atoms with Crippen LogP contribution in [0.1, 0.15) is 37.9 Å². The van der Waals surface area contributed by atoms with E-state index in [2.05, 4.69) is 30.0 Å². The molecule has 18 heavy (non-hydrogen) atoms. The van der Waals surface area contributed by atoms with Crippen molar-refractivity contribution in [2.75, 3.05) is 26.7 Å². The molecule has 5 nitrogen and oxygen atoms in total. The minimum atomic E-state index is 0.262. The first-order valence-corrected chi connectivity index (χ1v) is 6.66. The molecule has 1 aromatic rings. The summed E-state index contributed by atoms with van der Waals surface area (Å²) in [6, 6.07) is 0.653. The Hall–Kier alpha value is -0.910. The number of hydrogen-bond donors (Lipinski definition) is 1. The van der Waals surface area contributed by atoms with Gasteiger partial charge in [0.1, 0.15) is 0 Å². The molecular formula is C13H24N4O. The standard InChI is InChI=1S/C13H24N4O/c1-10(2)17-8-11(7-15-17)13(6-14)16-5-4-12(9-16)18-3/h7-8,10,12-13H,4-6,9,14H2,1-3H3. The molecule has 2 atom stereocenters. The molecule has 2 N–H and O–H groups in total. The van der Waals surface area contributed by atoms with Gasteiger partial charge in [-0.3, -0.25) is 9.58 Å². The quantitative estimate of drug-likeness (QED) is 0.855. The van der Waals surface area contributed by atoms with Crippen LogP contribution in [-0.4, -0.2) is 47.5 Å². The van der Waals surface area contributed by atoms with Gasteiger partial charge in [0.25, 0.3) is 0 Å². The lowest BCUT2D eigenvalue weighted by Gasteiger charge is -2.25. The van der Waals surface area contributed by atoms with Crippen LogP contribution in [-0.2, 0) is 4.74 Å². The summed E-state index contributed by atoms with van der Waals surface area (Å²) in [4.78, 5) is 2.40. The second-order valence-electron chi connectivity index (χ2n) is 5.24. The fourth-order valence-corrected chi connectivity index (χ4v) is 2.53. The topological polar surface area (TPSA) is 56.3 Å². The van der Waals surface area contributed by atoms with Gasteiger partial charge >= 0.3 is 0 Å². The minimum Gasteiger partial charge on any atom is -0.380 e. The van der Waals surface area contributed by atoms with Crippen LogP contribution in [0.3, 0.4) is 0 Å². The predicted octanol–water partition coefficient (Wildman–Crippen LogP) is 1.18. The zero-order chi connectivity index (χ0) is 13.1. The summed E-state index contributed by atoms with van der Waals surface area (Å²) in [5.41, 5.74) is 7.15. The molecule has 5 heteroatoms. The van der Waals surface area contributed by atoms with E-state index in [1.807, 2.05) is 10.9 Å². The van der Waals surface area contributed by atoms with E-state index in [0.717, 1.165) is 19.5 Å². The SMILES string of the molecule is COC1CCN(C(CN)c2cnn(C(C)C)c2)C1. The Bertz CT molecular complexity index is 377. The smallest absolute Gasteiger partial charge is 0.0710 e. The maximum atomic E-state index is 5.94. The average molecular weight is 252 g/mol. The van der Waals surface area contributed by atoms with Gasteiger partial charge < -0.3 is 10.5 Å². The third kappa shape index (κ3) is 2.74. The second-order valence-corrected chi connectivity index (χ2v) is 5.24. The fraction of sp³-hybridized carbons (Fsp3) is 0.769. The van der Waals surface area contributed by atoms with Crippen LogP contribution in [0.15, 0.2) is 12.4 Å². The molecule has 0 spiro atoms. The third-order valence-corrected chi connectivity index (χ3v) is 3.71. The van der Waals surface area contributed by atoms with E-state index < -0.39 is 0 Å². The molecule has 0 radical (unpaired) electrons. The van der Waals surface area contributed by atoms with E-state index in [0.29, 0.717) is 18.7 Å². The van der Waals surface area contributed by atoms with Gasteiger partial charge in [0.15, 0.2) is 0 Å². The van der Waals surface area contributed by atoms with Crippen LogP contribution in [0.4, 0.5) is 0 Å². The van der Waals surface area contributed by atoms with Gasteiger partial charge in [0.05, 0.1) is 18.3 Å². The lowest BCUT2D eigenvalue weighted by molar-refractivity contribution is 0.101. The van der Waals surface area contributed by atoms with Crippen LogP contribution < -0.4 is 5.73 Å². The molecule has 0 aromatic carbocycles. The van der Waals surface area contributed by atoms with Crippen LogP contribution in [0.25, 0.3) is 0 Å². The number of nitrogens with two attached hydrogens (primary N) is 1. The Kier molecular flexibility index (Phi) is 4.37. The highest BCUT2D eigenvalue weighted by atomic mass is 16.5. The first-order chi connectivity index (χ1) is 8.65. The van der Waals surface area contributed by atoms with Crippen molar-refractivity contribution in [3.05, 3.63) is 18.0 Å². The number of hydrogen-bond acceptors (Lipinski definition) is 4. The van der Waals surface area contributed by atoms with Crippen molar-refractivity contribution >= 4 is 0 Å². The van der Waals surface area contributed by atoms with Gasteiger partial charge in [0, 0.05) is 44.5 Å². The molecule has 0 amide bonds. The Morgan fingerprint density at radius 3 is 2.83 bits per heavy atom. The molecule has 1 aromatic heterocycles. The molecule has 1 fully saturated rings. The summed E-state index contributed by atoms with van der Waals surface area (Å²) in [7, 11) is 1.78. The van der Waals surface area contributed by atoms with Crippen molar-refractivity contribution in [3.8, 4) is 0 Å². The van der Waals surface area contributed by atoms with Crippen molar-refractivity contribution in [2.24, 2.45) is 5.73 Å². The molecule has 0 bridgehead atoms. The van der Waals surface area contributed by atoms with Crippen molar-refractivity contribution in [2.45, 2.75) is 38.5 Å². The number of methoxy groups -OCH3 is 1. The summed E-state index contributed by atoms with van der Waals surface area (Å²) in [6.45, 7) is 6.90. The Morgan fingerprint density at radius 1 is 1.56 bits per heavy atom. The second kappa shape index (κ2) is 5.82. The van der Waals surface area contributed by atoms with E-state index in [1.54, 1.807) is 7.11 Å². The molecule has 2 rings (SSSR count). The van der Waals surface area contributed by atoms with Crippen molar-refractivity contribution in [1.82, 2.24) is 14.7 Å². The van der Waals surface area contributed by atoms with E-state index in [9.17, 15) is 0 Å². The number of likely N-dealkylation sites (tertiary alicyclic amines) is 1. The maximum absolute atomic E-state index is 5.94. The molecule has 102 valence electrons. The summed E-state index contributed by atoms with van der Waals surface area (Å²) in [5.74, 6) is 0. The summed E-state index contributed by atoms with van der Waals surface area (Å²) < 4.78 is 7.40. The van der Waals surface area contributed by atoms with Gasteiger partial charge in [-0.1, -0.05) is 0 Å². The number of ether oxygens (including phenoxy) is 1. The van der Waals surface area contributed by atoms with Crippen LogP contribution in [0.2, 0.25) is 0 Å². The predicted molar refractivity (Wildman–Crippen MR) is 71.4 cm³/mol. The van der Waals surface area contributed by atoms with Crippen LogP contribution in [0.5, 0.6) is 0 Å². The van der Waals surface area contributed by atoms with E-state index in [4.69, 9.17) is 10.5 Å². The Balaban J connectivity index is 2.08. The van der Waals surface area contributed by atoms with Crippen LogP contribution in [0, 0.1) is 0 Å². The zero-order valence-corrected chi connectivity index (χ0v) is 11.5. The van der Waals surface area contributed by atoms with Gasteiger partial charge in [-0.15, -0.1) is 0 Å². The largest absolute Gasteiger partial charge is 0.380 e. The van der Waals surface area contributed by atoms with Gasteiger partial charge in [-0.25, -0.2) is 0 Å². The molecule has 0 aliphatic carbocycles. The van der Waals surface area contributed by atoms with E-state index >= 15 is 0 Å². The molecular weight excluding hydrogens is 228 g/mol. The first kappa shape index (κ1) is 13.5. The average Bonchev–Trinajstić information content (AvgIpc) is 2.99. The van der Waals surface area contributed by atoms with E-state index in [1.165, 1.54) is 5.56 Å². The molecule has 1 aliphatic rings. The highest BCUT2D eigenvalue weighted by Gasteiger charge is 2.29. The zero-order valence-electron chi connectivity index (χ0n) is 11.5. The van der Waals surface area contributed by atoms with Crippen molar-refractivity contribution in [3.63, 3.8) is 0 Å². The van der Waals surface area contributed by atoms with Crippen LogP contribution >= 0.6 is 0 Å². The first-order valence-electron chi connectivity index (χ1n) is 6.66. The van der Waals surface area contributed by atoms with Gasteiger partial charge in [-0.05, 0) is 20.3 Å². The maximum Gasteiger partial charge on any atom is 0.0710 e.